The summed E-state index contributed by atoms with van der Waals surface area (Å²) < 4.78 is 5.25. The second kappa shape index (κ2) is 5.73. The highest BCUT2D eigenvalue weighted by Gasteiger charge is 2.13. The van der Waals surface area contributed by atoms with Crippen molar-refractivity contribution in [2.75, 3.05) is 23.8 Å². The Bertz CT molecular complexity index is 245. The zero-order chi connectivity index (χ0) is 9.64. The molecule has 0 radical (unpaired) electrons. The van der Waals surface area contributed by atoms with Crippen LogP contribution in [0.3, 0.4) is 0 Å². The van der Waals surface area contributed by atoms with Crippen molar-refractivity contribution in [1.29, 1.82) is 0 Å². The van der Waals surface area contributed by atoms with E-state index < -0.39 is 0 Å². The molecule has 4 heteroatoms. The van der Waals surface area contributed by atoms with Crippen LogP contribution >= 0.6 is 23.5 Å². The number of furan rings is 1. The maximum Gasteiger partial charge on any atom is 0.117 e. The van der Waals surface area contributed by atoms with Crippen LogP contribution in [0.5, 0.6) is 0 Å². The Balaban J connectivity index is 1.62. The van der Waals surface area contributed by atoms with Gasteiger partial charge in [-0.1, -0.05) is 0 Å². The van der Waals surface area contributed by atoms with E-state index in [2.05, 4.69) is 28.8 Å². The van der Waals surface area contributed by atoms with Gasteiger partial charge >= 0.3 is 0 Å². The molecule has 0 spiro atoms. The third-order valence-electron chi connectivity index (χ3n) is 2.14. The molecule has 0 aliphatic carbocycles. The number of rotatable bonds is 4. The summed E-state index contributed by atoms with van der Waals surface area (Å²) in [6, 6.07) is 3.94. The van der Waals surface area contributed by atoms with Crippen LogP contribution in [-0.2, 0) is 6.54 Å². The quantitative estimate of drug-likeness (QED) is 0.856. The van der Waals surface area contributed by atoms with Crippen LogP contribution in [0.25, 0.3) is 0 Å². The van der Waals surface area contributed by atoms with Crippen LogP contribution in [-0.4, -0.2) is 29.1 Å². The van der Waals surface area contributed by atoms with E-state index in [0.29, 0.717) is 0 Å². The molecule has 0 amide bonds. The molecule has 1 aliphatic rings. The van der Waals surface area contributed by atoms with Crippen LogP contribution in [0.4, 0.5) is 0 Å². The highest BCUT2D eigenvalue weighted by molar-refractivity contribution is 8.06. The predicted octanol–water partition coefficient (Wildman–Crippen LogP) is 2.22. The van der Waals surface area contributed by atoms with Gasteiger partial charge in [0.2, 0.25) is 0 Å². The molecule has 1 fully saturated rings. The molecule has 1 saturated heterocycles. The highest BCUT2D eigenvalue weighted by Crippen LogP contribution is 2.23. The topological polar surface area (TPSA) is 25.2 Å². The summed E-state index contributed by atoms with van der Waals surface area (Å²) in [6.07, 6.45) is 1.72. The molecule has 2 heterocycles. The third-order valence-corrected chi connectivity index (χ3v) is 4.98. The molecular weight excluding hydrogens is 214 g/mol. The van der Waals surface area contributed by atoms with Crippen LogP contribution < -0.4 is 5.32 Å². The van der Waals surface area contributed by atoms with Gasteiger partial charge in [0, 0.05) is 29.1 Å². The summed E-state index contributed by atoms with van der Waals surface area (Å²) in [5.74, 6) is 4.94. The number of nitrogens with one attached hydrogen (secondary N) is 1. The van der Waals surface area contributed by atoms with E-state index in [-0.39, 0.29) is 0 Å². The average Bonchev–Trinajstić information content (AvgIpc) is 2.72. The van der Waals surface area contributed by atoms with Gasteiger partial charge in [0.15, 0.2) is 0 Å². The Morgan fingerprint density at radius 3 is 3.21 bits per heavy atom. The van der Waals surface area contributed by atoms with Crippen molar-refractivity contribution in [3.05, 3.63) is 24.2 Å². The maximum atomic E-state index is 5.25. The molecule has 1 aromatic rings. The van der Waals surface area contributed by atoms with Gasteiger partial charge in [0.25, 0.3) is 0 Å². The molecule has 1 aromatic heterocycles. The van der Waals surface area contributed by atoms with Gasteiger partial charge in [-0.15, -0.1) is 0 Å². The summed E-state index contributed by atoms with van der Waals surface area (Å²) in [7, 11) is 0. The average molecular weight is 229 g/mol. The van der Waals surface area contributed by atoms with Crippen LogP contribution in [0.15, 0.2) is 22.8 Å². The van der Waals surface area contributed by atoms with E-state index in [0.717, 1.165) is 24.1 Å². The van der Waals surface area contributed by atoms with Crippen molar-refractivity contribution in [3.63, 3.8) is 0 Å². The Morgan fingerprint density at radius 1 is 1.50 bits per heavy atom. The number of hydrogen-bond donors (Lipinski definition) is 1. The first-order chi connectivity index (χ1) is 6.95. The van der Waals surface area contributed by atoms with Crippen LogP contribution in [0.1, 0.15) is 5.76 Å². The first kappa shape index (κ1) is 10.5. The van der Waals surface area contributed by atoms with Crippen LogP contribution in [0.2, 0.25) is 0 Å². The molecule has 14 heavy (non-hydrogen) atoms. The molecule has 1 unspecified atom stereocenters. The van der Waals surface area contributed by atoms with Gasteiger partial charge in [-0.3, -0.25) is 0 Å². The first-order valence-corrected chi connectivity index (χ1v) is 7.08. The summed E-state index contributed by atoms with van der Waals surface area (Å²) in [5, 5.41) is 4.21. The Labute approximate surface area is 93.2 Å². The molecule has 78 valence electrons. The fourth-order valence-corrected chi connectivity index (χ4v) is 4.07. The minimum absolute atomic E-state index is 0.781. The van der Waals surface area contributed by atoms with Gasteiger partial charge in [-0.05, 0) is 12.1 Å². The minimum Gasteiger partial charge on any atom is -0.468 e. The number of thioether (sulfide) groups is 2. The van der Waals surface area contributed by atoms with E-state index in [1.54, 1.807) is 6.26 Å². The van der Waals surface area contributed by atoms with Crippen molar-refractivity contribution >= 4 is 23.5 Å². The summed E-state index contributed by atoms with van der Waals surface area (Å²) in [6.45, 7) is 1.95. The monoisotopic (exact) mass is 229 g/mol. The second-order valence-corrected chi connectivity index (χ2v) is 5.84. The maximum absolute atomic E-state index is 5.25. The summed E-state index contributed by atoms with van der Waals surface area (Å²) in [4.78, 5) is 0. The zero-order valence-corrected chi connectivity index (χ0v) is 9.70. The van der Waals surface area contributed by atoms with E-state index in [1.165, 1.54) is 17.3 Å². The van der Waals surface area contributed by atoms with Crippen molar-refractivity contribution in [1.82, 2.24) is 5.32 Å². The van der Waals surface area contributed by atoms with Crippen molar-refractivity contribution < 1.29 is 4.42 Å². The Hall–Kier alpha value is -0.0600. The summed E-state index contributed by atoms with van der Waals surface area (Å²) in [5.41, 5.74) is 0. The largest absolute Gasteiger partial charge is 0.468 e. The zero-order valence-electron chi connectivity index (χ0n) is 8.07. The fourth-order valence-electron chi connectivity index (χ4n) is 1.42. The molecule has 0 bridgehead atoms. The normalized spacial score (nSPS) is 22.4. The van der Waals surface area contributed by atoms with Crippen LogP contribution in [0, 0.1) is 0 Å². The fraction of sp³-hybridized carbons (Fsp3) is 0.600. The smallest absolute Gasteiger partial charge is 0.117 e. The minimum atomic E-state index is 0.781. The van der Waals surface area contributed by atoms with E-state index >= 15 is 0 Å². The van der Waals surface area contributed by atoms with Crippen molar-refractivity contribution in [3.8, 4) is 0 Å². The molecule has 1 atom stereocenters. The number of hydrogen-bond acceptors (Lipinski definition) is 4. The predicted molar refractivity (Wildman–Crippen MR) is 64.0 cm³/mol. The van der Waals surface area contributed by atoms with Gasteiger partial charge in [-0.2, -0.15) is 23.5 Å². The van der Waals surface area contributed by atoms with Crippen molar-refractivity contribution in [2.24, 2.45) is 0 Å². The standard InChI is InChI=1S/C10H15NOS2/c1-2-9(12-3-1)6-11-7-10-8-13-4-5-14-10/h1-3,10-11H,4-8H2. The van der Waals surface area contributed by atoms with Crippen molar-refractivity contribution in [2.45, 2.75) is 11.8 Å². The SMILES string of the molecule is c1coc(CNCC2CSCCS2)c1. The molecule has 1 N–H and O–H groups in total. The molecule has 1 aliphatic heterocycles. The van der Waals surface area contributed by atoms with E-state index in [9.17, 15) is 0 Å². The lowest BCUT2D eigenvalue weighted by Crippen LogP contribution is -2.28. The van der Waals surface area contributed by atoms with Gasteiger partial charge in [0.1, 0.15) is 5.76 Å². The summed E-state index contributed by atoms with van der Waals surface area (Å²) >= 11 is 4.15. The molecule has 0 saturated carbocycles. The van der Waals surface area contributed by atoms with E-state index in [4.69, 9.17) is 4.42 Å². The lowest BCUT2D eigenvalue weighted by Gasteiger charge is -2.20. The lowest BCUT2D eigenvalue weighted by molar-refractivity contribution is 0.484. The Morgan fingerprint density at radius 2 is 2.50 bits per heavy atom. The van der Waals surface area contributed by atoms with Gasteiger partial charge < -0.3 is 9.73 Å². The molecular formula is C10H15NOS2. The molecule has 0 aromatic carbocycles. The van der Waals surface area contributed by atoms with E-state index in [1.807, 2.05) is 12.1 Å². The lowest BCUT2D eigenvalue weighted by atomic mass is 10.4. The molecule has 2 nitrogen and oxygen atoms in total. The second-order valence-electron chi connectivity index (χ2n) is 3.28. The van der Waals surface area contributed by atoms with Gasteiger partial charge in [-0.25, -0.2) is 0 Å². The third kappa shape index (κ3) is 3.26. The Kier molecular flexibility index (Phi) is 4.28. The van der Waals surface area contributed by atoms with Gasteiger partial charge in [0.05, 0.1) is 12.8 Å². The molecule has 2 rings (SSSR count). The highest BCUT2D eigenvalue weighted by atomic mass is 32.2. The first-order valence-electron chi connectivity index (χ1n) is 4.87.